The minimum Gasteiger partial charge on any atom is -0.480 e. The highest BCUT2D eigenvalue weighted by Gasteiger charge is 2.08. The van der Waals surface area contributed by atoms with Crippen LogP contribution in [0.15, 0.2) is 29.2 Å². The zero-order valence-electron chi connectivity index (χ0n) is 10.8. The van der Waals surface area contributed by atoms with Crippen LogP contribution in [0.4, 0.5) is 0 Å². The Morgan fingerprint density at radius 3 is 2.89 bits per heavy atom. The van der Waals surface area contributed by atoms with Gasteiger partial charge >= 0.3 is 5.97 Å². The lowest BCUT2D eigenvalue weighted by Crippen LogP contribution is -2.27. The van der Waals surface area contributed by atoms with Crippen molar-refractivity contribution in [3.63, 3.8) is 0 Å². The Morgan fingerprint density at radius 2 is 2.21 bits per heavy atom. The second kappa shape index (κ2) is 5.19. The Balaban J connectivity index is 2.33. The Labute approximate surface area is 109 Å². The molecular weight excluding hydrogens is 246 g/mol. The SMILES string of the molecule is Cc1ccc2nc(CN(C)CC(=O)O)cc(=O)n2c1. The van der Waals surface area contributed by atoms with E-state index in [0.29, 0.717) is 17.9 Å². The van der Waals surface area contributed by atoms with Crippen molar-refractivity contribution >= 4 is 11.6 Å². The number of pyridine rings is 1. The van der Waals surface area contributed by atoms with Crippen LogP contribution in [0.5, 0.6) is 0 Å². The lowest BCUT2D eigenvalue weighted by atomic mass is 10.3. The molecule has 0 aliphatic heterocycles. The molecule has 19 heavy (non-hydrogen) atoms. The van der Waals surface area contributed by atoms with Crippen molar-refractivity contribution in [2.75, 3.05) is 13.6 Å². The third-order valence-electron chi connectivity index (χ3n) is 2.70. The van der Waals surface area contributed by atoms with Crippen molar-refractivity contribution in [2.45, 2.75) is 13.5 Å². The van der Waals surface area contributed by atoms with E-state index in [2.05, 4.69) is 4.98 Å². The Kier molecular flexibility index (Phi) is 3.62. The molecule has 2 aromatic heterocycles. The summed E-state index contributed by atoms with van der Waals surface area (Å²) in [5.74, 6) is -0.907. The van der Waals surface area contributed by atoms with Crippen LogP contribution in [0.25, 0.3) is 5.65 Å². The molecule has 0 bridgehead atoms. The maximum absolute atomic E-state index is 11.9. The summed E-state index contributed by atoms with van der Waals surface area (Å²) in [6.45, 7) is 2.14. The molecule has 2 aromatic rings. The van der Waals surface area contributed by atoms with Gasteiger partial charge in [-0.15, -0.1) is 0 Å². The number of aryl methyl sites for hydroxylation is 1. The van der Waals surface area contributed by atoms with Gasteiger partial charge in [0, 0.05) is 18.8 Å². The van der Waals surface area contributed by atoms with Gasteiger partial charge in [-0.25, -0.2) is 4.98 Å². The van der Waals surface area contributed by atoms with E-state index in [1.54, 1.807) is 24.2 Å². The smallest absolute Gasteiger partial charge is 0.317 e. The fourth-order valence-corrected chi connectivity index (χ4v) is 1.90. The number of hydrogen-bond donors (Lipinski definition) is 1. The predicted molar refractivity (Wildman–Crippen MR) is 70.2 cm³/mol. The lowest BCUT2D eigenvalue weighted by Gasteiger charge is -2.13. The highest BCUT2D eigenvalue weighted by atomic mass is 16.4. The van der Waals surface area contributed by atoms with Crippen LogP contribution in [0.1, 0.15) is 11.3 Å². The summed E-state index contributed by atoms with van der Waals surface area (Å²) >= 11 is 0. The van der Waals surface area contributed by atoms with Gasteiger partial charge < -0.3 is 5.11 Å². The second-order valence-electron chi connectivity index (χ2n) is 4.59. The molecule has 0 aliphatic carbocycles. The predicted octanol–water partition coefficient (Wildman–Crippen LogP) is 0.519. The van der Waals surface area contributed by atoms with E-state index >= 15 is 0 Å². The minimum atomic E-state index is -0.907. The monoisotopic (exact) mass is 261 g/mol. The van der Waals surface area contributed by atoms with Crippen LogP contribution < -0.4 is 5.56 Å². The molecule has 0 atom stereocenters. The van der Waals surface area contributed by atoms with Crippen molar-refractivity contribution in [3.05, 3.63) is 46.0 Å². The summed E-state index contributed by atoms with van der Waals surface area (Å²) in [6.07, 6.45) is 1.73. The molecule has 0 fully saturated rings. The van der Waals surface area contributed by atoms with E-state index in [1.807, 2.05) is 13.0 Å². The molecule has 100 valence electrons. The molecule has 0 spiro atoms. The number of likely N-dealkylation sites (N-methyl/N-ethyl adjacent to an activating group) is 1. The fraction of sp³-hybridized carbons (Fsp3) is 0.308. The van der Waals surface area contributed by atoms with Crippen LogP contribution >= 0.6 is 0 Å². The third kappa shape index (κ3) is 3.17. The number of aromatic nitrogens is 2. The molecular formula is C13H15N3O3. The van der Waals surface area contributed by atoms with E-state index in [-0.39, 0.29) is 12.1 Å². The van der Waals surface area contributed by atoms with Crippen molar-refractivity contribution in [1.29, 1.82) is 0 Å². The van der Waals surface area contributed by atoms with Gasteiger partial charge in [0.2, 0.25) is 0 Å². The maximum Gasteiger partial charge on any atom is 0.317 e. The highest BCUT2D eigenvalue weighted by molar-refractivity contribution is 5.69. The quantitative estimate of drug-likeness (QED) is 0.868. The van der Waals surface area contributed by atoms with Gasteiger partial charge in [-0.2, -0.15) is 0 Å². The van der Waals surface area contributed by atoms with E-state index in [9.17, 15) is 9.59 Å². The summed E-state index contributed by atoms with van der Waals surface area (Å²) < 4.78 is 1.48. The topological polar surface area (TPSA) is 74.9 Å². The average Bonchev–Trinajstić information content (AvgIpc) is 2.29. The van der Waals surface area contributed by atoms with Gasteiger partial charge in [0.1, 0.15) is 5.65 Å². The molecule has 6 heteroatoms. The molecule has 2 heterocycles. The summed E-state index contributed by atoms with van der Waals surface area (Å²) in [7, 11) is 1.67. The number of fused-ring (bicyclic) bond motifs is 1. The zero-order chi connectivity index (χ0) is 14.0. The Bertz CT molecular complexity index is 678. The molecule has 1 N–H and O–H groups in total. The largest absolute Gasteiger partial charge is 0.480 e. The molecule has 6 nitrogen and oxygen atoms in total. The van der Waals surface area contributed by atoms with Crippen molar-refractivity contribution in [2.24, 2.45) is 0 Å². The first-order valence-corrected chi connectivity index (χ1v) is 5.85. The van der Waals surface area contributed by atoms with Gasteiger partial charge in [-0.05, 0) is 25.6 Å². The standard InChI is InChI=1S/C13H15N3O3/c1-9-3-4-11-14-10(5-12(17)16(11)6-9)7-15(2)8-13(18)19/h3-6H,7-8H2,1-2H3,(H,18,19). The first-order valence-electron chi connectivity index (χ1n) is 5.85. The summed E-state index contributed by atoms with van der Waals surface area (Å²) in [5.41, 5.74) is 1.95. The molecule has 0 unspecified atom stereocenters. The van der Waals surface area contributed by atoms with Gasteiger partial charge in [-0.1, -0.05) is 6.07 Å². The van der Waals surface area contributed by atoms with E-state index in [4.69, 9.17) is 5.11 Å². The lowest BCUT2D eigenvalue weighted by molar-refractivity contribution is -0.138. The molecule has 0 aromatic carbocycles. The summed E-state index contributed by atoms with van der Waals surface area (Å²) in [5, 5.41) is 8.69. The average molecular weight is 261 g/mol. The van der Waals surface area contributed by atoms with Crippen molar-refractivity contribution in [3.8, 4) is 0 Å². The molecule has 0 saturated carbocycles. The van der Waals surface area contributed by atoms with Crippen LogP contribution in [0.3, 0.4) is 0 Å². The summed E-state index contributed by atoms with van der Waals surface area (Å²) in [4.78, 5) is 28.5. The minimum absolute atomic E-state index is 0.0883. The molecule has 0 radical (unpaired) electrons. The maximum atomic E-state index is 11.9. The number of carbonyl (C=O) groups is 1. The van der Waals surface area contributed by atoms with Crippen molar-refractivity contribution in [1.82, 2.24) is 14.3 Å². The Morgan fingerprint density at radius 1 is 1.47 bits per heavy atom. The molecule has 0 amide bonds. The number of hydrogen-bond acceptors (Lipinski definition) is 4. The van der Waals surface area contributed by atoms with E-state index in [1.165, 1.54) is 10.5 Å². The Hall–Kier alpha value is -2.21. The zero-order valence-corrected chi connectivity index (χ0v) is 10.8. The van der Waals surface area contributed by atoms with E-state index < -0.39 is 5.97 Å². The van der Waals surface area contributed by atoms with E-state index in [0.717, 1.165) is 5.56 Å². The number of carboxylic acid groups (broad SMARTS) is 1. The van der Waals surface area contributed by atoms with Crippen LogP contribution in [0, 0.1) is 6.92 Å². The van der Waals surface area contributed by atoms with Gasteiger partial charge in [0.05, 0.1) is 12.2 Å². The van der Waals surface area contributed by atoms with Crippen LogP contribution in [-0.2, 0) is 11.3 Å². The number of carboxylic acids is 1. The molecule has 0 aliphatic rings. The second-order valence-corrected chi connectivity index (χ2v) is 4.59. The van der Waals surface area contributed by atoms with Crippen LogP contribution in [0.2, 0.25) is 0 Å². The molecule has 0 saturated heterocycles. The van der Waals surface area contributed by atoms with Gasteiger partial charge in [0.25, 0.3) is 5.56 Å². The summed E-state index contributed by atoms with van der Waals surface area (Å²) in [6, 6.07) is 5.09. The third-order valence-corrected chi connectivity index (χ3v) is 2.70. The first-order chi connectivity index (χ1) is 8.95. The number of aliphatic carboxylic acids is 1. The fourth-order valence-electron chi connectivity index (χ4n) is 1.90. The van der Waals surface area contributed by atoms with Crippen molar-refractivity contribution < 1.29 is 9.90 Å². The normalized spacial score (nSPS) is 11.1. The van der Waals surface area contributed by atoms with Gasteiger partial charge in [0.15, 0.2) is 0 Å². The first kappa shape index (κ1) is 13.2. The van der Waals surface area contributed by atoms with Crippen LogP contribution in [-0.4, -0.2) is 39.0 Å². The highest BCUT2D eigenvalue weighted by Crippen LogP contribution is 2.04. The number of rotatable bonds is 4. The number of nitrogens with zero attached hydrogens (tertiary/aromatic N) is 3. The van der Waals surface area contributed by atoms with Gasteiger partial charge in [-0.3, -0.25) is 18.9 Å². The molecule has 2 rings (SSSR count).